The summed E-state index contributed by atoms with van der Waals surface area (Å²) in [5.41, 5.74) is 23.4. The molecule has 0 aliphatic carbocycles. The Morgan fingerprint density at radius 1 is 0.161 bits per heavy atom. The van der Waals surface area contributed by atoms with Gasteiger partial charge in [-0.3, -0.25) is 29.9 Å². The molecular weight excluding hydrogens is 1530 g/mol. The molecule has 0 aliphatic rings. The summed E-state index contributed by atoms with van der Waals surface area (Å²) in [5, 5.41) is 9.56. The van der Waals surface area contributed by atoms with Gasteiger partial charge < -0.3 is 18.7 Å². The van der Waals surface area contributed by atoms with Gasteiger partial charge in [0.2, 0.25) is 0 Å². The van der Waals surface area contributed by atoms with Gasteiger partial charge in [-0.2, -0.15) is 0 Å². The molecule has 13 heterocycles. The SMILES string of the molecule is c1ccc(-c2nc(-c3ccc(-n4c5ccccc5c5cc(-c6ccc7[nH]c8ccccc8c7c6)ccc54)cc3)nc(-c3ccccn3)n2)nc1.c1ccc(-c2nc(-c3ccc(-n4c5ccccc5c5cc(-c6ccc7c(c6)c6ccccc6n7-c6ccc(-c7nc(-c8ccccn8)nc(-c8ccccn8)n7)cc6)ccc54)cc3)nc(-c3ccccn3)n2)nc1. The smallest absolute Gasteiger partial charge is 0.182 e. The van der Waals surface area contributed by atoms with Gasteiger partial charge in [0.25, 0.3) is 0 Å². The number of para-hydroxylation sites is 4. The minimum atomic E-state index is 0.486. The van der Waals surface area contributed by atoms with Crippen LogP contribution >= 0.6 is 0 Å². The predicted molar refractivity (Wildman–Crippen MR) is 492 cm³/mol. The molecule has 1 N–H and O–H groups in total. The van der Waals surface area contributed by atoms with Crippen LogP contribution in [0, 0.1) is 0 Å². The Bertz CT molecular complexity index is 7730. The van der Waals surface area contributed by atoms with Crippen LogP contribution in [-0.2, 0) is 0 Å². The van der Waals surface area contributed by atoms with Crippen LogP contribution in [0.5, 0.6) is 0 Å². The molecule has 24 rings (SSSR count). The lowest BCUT2D eigenvalue weighted by atomic mass is 10.0. The van der Waals surface area contributed by atoms with Crippen LogP contribution in [0.1, 0.15) is 0 Å². The van der Waals surface area contributed by atoms with Crippen molar-refractivity contribution in [2.24, 2.45) is 0 Å². The summed E-state index contributed by atoms with van der Waals surface area (Å²) in [5.74, 6) is 4.59. The third kappa shape index (κ3) is 13.1. The van der Waals surface area contributed by atoms with E-state index in [2.05, 4.69) is 291 Å². The molecule has 0 fully saturated rings. The van der Waals surface area contributed by atoms with Crippen molar-refractivity contribution in [1.29, 1.82) is 0 Å². The van der Waals surface area contributed by atoms with Crippen LogP contribution in [0.2, 0.25) is 0 Å². The third-order valence-electron chi connectivity index (χ3n) is 22.6. The molecule has 0 bridgehead atoms. The molecule has 0 spiro atoms. The maximum Gasteiger partial charge on any atom is 0.182 e. The number of hydrogen-bond acceptors (Lipinski definition) is 15. The van der Waals surface area contributed by atoms with Crippen molar-refractivity contribution in [3.8, 4) is 143 Å². The molecule has 11 aromatic carbocycles. The molecule has 580 valence electrons. The van der Waals surface area contributed by atoms with Crippen LogP contribution in [0.3, 0.4) is 0 Å². The van der Waals surface area contributed by atoms with Gasteiger partial charge >= 0.3 is 0 Å². The summed E-state index contributed by atoms with van der Waals surface area (Å²) in [7, 11) is 0. The zero-order valence-corrected chi connectivity index (χ0v) is 66.0. The molecule has 19 heteroatoms. The fourth-order valence-electron chi connectivity index (χ4n) is 16.8. The quantitative estimate of drug-likeness (QED) is 0.107. The Morgan fingerprint density at radius 2 is 0.387 bits per heavy atom. The van der Waals surface area contributed by atoms with Crippen molar-refractivity contribution >= 4 is 87.2 Å². The van der Waals surface area contributed by atoms with Crippen LogP contribution in [0.25, 0.3) is 230 Å². The van der Waals surface area contributed by atoms with Crippen molar-refractivity contribution in [3.63, 3.8) is 0 Å². The summed E-state index contributed by atoms with van der Waals surface area (Å²) >= 11 is 0. The van der Waals surface area contributed by atoms with Crippen LogP contribution in [0.15, 0.2) is 389 Å². The summed E-state index contributed by atoms with van der Waals surface area (Å²) in [4.78, 5) is 74.1. The first-order valence-electron chi connectivity index (χ1n) is 40.6. The van der Waals surface area contributed by atoms with Gasteiger partial charge in [-0.25, -0.2) is 44.9 Å². The number of fused-ring (bicyclic) bond motifs is 12. The zero-order chi connectivity index (χ0) is 82.0. The predicted octanol–water partition coefficient (Wildman–Crippen LogP) is 23.6. The summed E-state index contributed by atoms with van der Waals surface area (Å²) in [6.45, 7) is 0. The lowest BCUT2D eigenvalue weighted by Crippen LogP contribution is -2.02. The Kier molecular flexibility index (Phi) is 17.7. The van der Waals surface area contributed by atoms with E-state index < -0.39 is 0 Å². The third-order valence-corrected chi connectivity index (χ3v) is 22.6. The van der Waals surface area contributed by atoms with Gasteiger partial charge in [0, 0.05) is 125 Å². The molecule has 0 saturated carbocycles. The first kappa shape index (κ1) is 71.8. The number of rotatable bonds is 14. The van der Waals surface area contributed by atoms with Crippen molar-refractivity contribution in [1.82, 2.24) is 93.4 Å². The lowest BCUT2D eigenvalue weighted by molar-refractivity contribution is 1.04. The maximum absolute atomic E-state index is 4.89. The summed E-state index contributed by atoms with van der Waals surface area (Å²) in [6.07, 6.45) is 10.4. The Hall–Kier alpha value is -17.5. The Morgan fingerprint density at radius 3 is 0.677 bits per heavy atom. The van der Waals surface area contributed by atoms with E-state index in [0.717, 1.165) is 89.0 Å². The van der Waals surface area contributed by atoms with Crippen LogP contribution < -0.4 is 0 Å². The van der Waals surface area contributed by atoms with E-state index in [4.69, 9.17) is 44.9 Å². The number of hydrogen-bond donors (Lipinski definition) is 1. The average Bonchev–Trinajstić information content (AvgIpc) is 1.59. The van der Waals surface area contributed by atoms with Gasteiger partial charge in [-0.1, -0.05) is 133 Å². The van der Waals surface area contributed by atoms with Crippen molar-refractivity contribution < 1.29 is 0 Å². The summed E-state index contributed by atoms with van der Waals surface area (Å²) in [6, 6.07) is 121. The highest BCUT2D eigenvalue weighted by atomic mass is 15.1. The number of aromatic nitrogens is 19. The standard InChI is InChI=1S/C62H38N12.C43H27N7/c1-3-19-53-45(13-1)47-37-41(25-31-55(47)73(53)43-27-21-39(22-28-43)57-67-59(49-15-5-9-33-63-49)71-60(68-57)50-16-6-10-34-64-50)42-26-32-56-48(38-42)46-14-2-4-20-54(46)74(56)44-29-23-40(24-30-44)58-69-61(51-17-7-11-35-65-51)72-62(70-58)52-18-8-12-36-66-52;1-3-11-35-31(9-1)33-25-28(17-21-36(33)46-35)29-18-22-40-34(26-29)32-10-2-4-14-39(32)50(40)30-19-15-27(16-20-30)41-47-42(37-12-5-7-23-44-37)49-43(48-41)38-13-6-8-24-45-38/h1-38H;1-26,46H. The molecule has 24 aromatic rings. The number of benzene rings is 11. The van der Waals surface area contributed by atoms with Crippen molar-refractivity contribution in [2.45, 2.75) is 0 Å². The van der Waals surface area contributed by atoms with Gasteiger partial charge in [0.1, 0.15) is 34.2 Å². The highest BCUT2D eigenvalue weighted by molar-refractivity contribution is 6.14. The van der Waals surface area contributed by atoms with Crippen LogP contribution in [0.4, 0.5) is 0 Å². The second-order valence-electron chi connectivity index (χ2n) is 30.0. The van der Waals surface area contributed by atoms with E-state index in [-0.39, 0.29) is 0 Å². The lowest BCUT2D eigenvalue weighted by Gasteiger charge is -2.11. The molecule has 0 aliphatic heterocycles. The number of aromatic amines is 1. The van der Waals surface area contributed by atoms with Gasteiger partial charge in [-0.15, -0.1) is 0 Å². The molecule has 0 atom stereocenters. The van der Waals surface area contributed by atoms with Crippen LogP contribution in [-0.4, -0.2) is 93.4 Å². The second-order valence-corrected chi connectivity index (χ2v) is 30.0. The highest BCUT2D eigenvalue weighted by Crippen LogP contribution is 2.42. The minimum absolute atomic E-state index is 0.486. The average molecular weight is 1590 g/mol. The van der Waals surface area contributed by atoms with E-state index in [0.29, 0.717) is 86.6 Å². The maximum atomic E-state index is 4.89. The zero-order valence-electron chi connectivity index (χ0n) is 66.0. The fraction of sp³-hybridized carbons (Fsp3) is 0. The first-order valence-corrected chi connectivity index (χ1v) is 40.6. The molecule has 0 unspecified atom stereocenters. The molecular formula is C105H65N19. The van der Waals surface area contributed by atoms with Gasteiger partial charge in [0.15, 0.2) is 52.4 Å². The highest BCUT2D eigenvalue weighted by Gasteiger charge is 2.23. The second kappa shape index (κ2) is 30.5. The van der Waals surface area contributed by atoms with E-state index in [1.165, 1.54) is 54.2 Å². The molecule has 0 amide bonds. The van der Waals surface area contributed by atoms with Gasteiger partial charge in [-0.05, 0) is 241 Å². The topological polar surface area (TPSA) is 224 Å². The van der Waals surface area contributed by atoms with Gasteiger partial charge in [0.05, 0.1) is 33.1 Å². The molecule has 19 nitrogen and oxygen atoms in total. The first-order chi connectivity index (χ1) is 61.4. The van der Waals surface area contributed by atoms with E-state index >= 15 is 0 Å². The fourth-order valence-corrected chi connectivity index (χ4v) is 16.8. The minimum Gasteiger partial charge on any atom is -0.355 e. The molecule has 13 aromatic heterocycles. The van der Waals surface area contributed by atoms with E-state index in [9.17, 15) is 0 Å². The Balaban J connectivity index is 0.000000154. The van der Waals surface area contributed by atoms with Crippen molar-refractivity contribution in [3.05, 3.63) is 389 Å². The Labute approximate surface area is 708 Å². The number of nitrogens with zero attached hydrogens (tertiary/aromatic N) is 18. The van der Waals surface area contributed by atoms with E-state index in [1.54, 1.807) is 37.2 Å². The van der Waals surface area contributed by atoms with E-state index in [1.807, 2.05) is 109 Å². The monoisotopic (exact) mass is 1590 g/mol. The molecule has 0 radical (unpaired) electrons. The van der Waals surface area contributed by atoms with Crippen molar-refractivity contribution in [2.75, 3.05) is 0 Å². The normalized spacial score (nSPS) is 11.5. The summed E-state index contributed by atoms with van der Waals surface area (Å²) < 4.78 is 6.98. The molecule has 0 saturated heterocycles. The number of nitrogens with one attached hydrogen (secondary N) is 1. The number of H-pyrrole nitrogens is 1. The largest absolute Gasteiger partial charge is 0.355 e. The number of pyridine rings is 6. The molecule has 124 heavy (non-hydrogen) atoms.